The van der Waals surface area contributed by atoms with E-state index in [1.165, 1.54) is 0 Å². The van der Waals surface area contributed by atoms with E-state index in [-0.39, 0.29) is 12.6 Å². The van der Waals surface area contributed by atoms with Gasteiger partial charge in [0.25, 0.3) is 0 Å². The number of nitrogens with zero attached hydrogens (tertiary/aromatic N) is 2. The topological polar surface area (TPSA) is 68.5 Å². The molecule has 1 aromatic rings. The third-order valence-electron chi connectivity index (χ3n) is 3.30. The summed E-state index contributed by atoms with van der Waals surface area (Å²) in [5, 5.41) is 21.7. The minimum atomic E-state index is -0.0206. The van der Waals surface area contributed by atoms with Crippen LogP contribution in [0.2, 0.25) is 0 Å². The minimum Gasteiger partial charge on any atom is -0.394 e. The first kappa shape index (κ1) is 16.4. The third-order valence-corrected chi connectivity index (χ3v) is 3.30. The van der Waals surface area contributed by atoms with E-state index in [1.807, 2.05) is 37.1 Å². The lowest BCUT2D eigenvalue weighted by atomic mass is 10.1. The van der Waals surface area contributed by atoms with Crippen LogP contribution in [0, 0.1) is 11.3 Å². The molecule has 5 heteroatoms. The molecule has 1 rings (SSSR count). The molecule has 1 aromatic carbocycles. The molecule has 0 bridgehead atoms. The van der Waals surface area contributed by atoms with Crippen molar-refractivity contribution >= 4 is 5.69 Å². The molecule has 2 N–H and O–H groups in total. The molecule has 0 aliphatic rings. The summed E-state index contributed by atoms with van der Waals surface area (Å²) >= 11 is 0. The lowest BCUT2D eigenvalue weighted by molar-refractivity contribution is 0.199. The van der Waals surface area contributed by atoms with Crippen molar-refractivity contribution in [3.8, 4) is 6.07 Å². The fraction of sp³-hybridized carbons (Fsp3) is 0.533. The van der Waals surface area contributed by atoms with Gasteiger partial charge in [-0.2, -0.15) is 5.26 Å². The fourth-order valence-corrected chi connectivity index (χ4v) is 1.86. The van der Waals surface area contributed by atoms with Gasteiger partial charge in [-0.25, -0.2) is 0 Å². The number of anilines is 1. The van der Waals surface area contributed by atoms with Gasteiger partial charge in [-0.15, -0.1) is 0 Å². The number of hydrogen-bond donors (Lipinski definition) is 2. The van der Waals surface area contributed by atoms with Crippen molar-refractivity contribution in [1.29, 1.82) is 5.26 Å². The maximum absolute atomic E-state index is 9.28. The number of nitriles is 1. The molecule has 1 unspecified atom stereocenters. The van der Waals surface area contributed by atoms with Crippen LogP contribution in [0.25, 0.3) is 0 Å². The minimum absolute atomic E-state index is 0.0206. The van der Waals surface area contributed by atoms with Gasteiger partial charge in [-0.3, -0.25) is 0 Å². The summed E-state index contributed by atoms with van der Waals surface area (Å²) in [5.74, 6) is 0. The Kier molecular flexibility index (Phi) is 7.02. The Labute approximate surface area is 120 Å². The lowest BCUT2D eigenvalue weighted by Crippen LogP contribution is -2.32. The Morgan fingerprint density at radius 2 is 2.25 bits per heavy atom. The highest BCUT2D eigenvalue weighted by molar-refractivity contribution is 5.60. The highest BCUT2D eigenvalue weighted by atomic mass is 16.5. The molecule has 0 aromatic heterocycles. The second kappa shape index (κ2) is 8.54. The molecular formula is C15H23N3O2. The molecule has 0 amide bonds. The number of aliphatic hydroxyl groups excluding tert-OH is 1. The Morgan fingerprint density at radius 1 is 1.50 bits per heavy atom. The maximum Gasteiger partial charge on any atom is 0.101 e. The number of methoxy groups -OCH3 is 1. The Balaban J connectivity index is 2.78. The monoisotopic (exact) mass is 277 g/mol. The van der Waals surface area contributed by atoms with Crippen LogP contribution in [0.1, 0.15) is 18.1 Å². The van der Waals surface area contributed by atoms with Crippen molar-refractivity contribution in [2.75, 3.05) is 38.8 Å². The highest BCUT2D eigenvalue weighted by Gasteiger charge is 2.13. The number of nitrogens with one attached hydrogen (secondary N) is 1. The van der Waals surface area contributed by atoms with Crippen molar-refractivity contribution in [3.05, 3.63) is 29.3 Å². The molecular weight excluding hydrogens is 254 g/mol. The standard InChI is InChI=1S/C15H23N3O2/c1-12(11-19)18(2)15-5-4-13(8-14(15)9-16)10-17-6-7-20-3/h4-5,8,12,17,19H,6-7,10-11H2,1-3H3. The van der Waals surface area contributed by atoms with Gasteiger partial charge in [0.05, 0.1) is 24.5 Å². The zero-order valence-corrected chi connectivity index (χ0v) is 12.4. The van der Waals surface area contributed by atoms with Crippen LogP contribution in [0.5, 0.6) is 0 Å². The van der Waals surface area contributed by atoms with Crippen LogP contribution in [0.4, 0.5) is 5.69 Å². The van der Waals surface area contributed by atoms with E-state index in [0.29, 0.717) is 18.7 Å². The number of hydrogen-bond acceptors (Lipinski definition) is 5. The zero-order chi connectivity index (χ0) is 15.0. The average Bonchev–Trinajstić information content (AvgIpc) is 2.49. The second-order valence-corrected chi connectivity index (χ2v) is 4.78. The quantitative estimate of drug-likeness (QED) is 0.697. The van der Waals surface area contributed by atoms with Crippen molar-refractivity contribution in [2.45, 2.75) is 19.5 Å². The molecule has 0 saturated carbocycles. The Hall–Kier alpha value is -1.61. The third kappa shape index (κ3) is 4.49. The molecule has 0 aliphatic heterocycles. The van der Waals surface area contributed by atoms with E-state index in [2.05, 4.69) is 11.4 Å². The predicted octanol–water partition coefficient (Wildman–Crippen LogP) is 1.11. The summed E-state index contributed by atoms with van der Waals surface area (Å²) in [5.41, 5.74) is 2.53. The number of likely N-dealkylation sites (N-methyl/N-ethyl adjacent to an activating group) is 1. The summed E-state index contributed by atoms with van der Waals surface area (Å²) in [6.45, 7) is 4.13. The van der Waals surface area contributed by atoms with E-state index in [0.717, 1.165) is 17.8 Å². The SMILES string of the molecule is COCCNCc1ccc(N(C)C(C)CO)c(C#N)c1. The van der Waals surface area contributed by atoms with Gasteiger partial charge in [-0.1, -0.05) is 6.07 Å². The average molecular weight is 277 g/mol. The van der Waals surface area contributed by atoms with E-state index in [9.17, 15) is 10.4 Å². The Morgan fingerprint density at radius 3 is 2.85 bits per heavy atom. The van der Waals surface area contributed by atoms with E-state index >= 15 is 0 Å². The Bertz CT molecular complexity index is 457. The van der Waals surface area contributed by atoms with Gasteiger partial charge in [0.2, 0.25) is 0 Å². The molecule has 110 valence electrons. The second-order valence-electron chi connectivity index (χ2n) is 4.78. The lowest BCUT2D eigenvalue weighted by Gasteiger charge is -2.26. The molecule has 0 saturated heterocycles. The van der Waals surface area contributed by atoms with Crippen LogP contribution >= 0.6 is 0 Å². The number of ether oxygens (including phenoxy) is 1. The van der Waals surface area contributed by atoms with E-state index in [1.54, 1.807) is 7.11 Å². The number of aliphatic hydroxyl groups is 1. The van der Waals surface area contributed by atoms with Gasteiger partial charge < -0.3 is 20.1 Å². The van der Waals surface area contributed by atoms with Crippen LogP contribution in [0.15, 0.2) is 18.2 Å². The molecule has 0 spiro atoms. The van der Waals surface area contributed by atoms with Crippen LogP contribution < -0.4 is 10.2 Å². The van der Waals surface area contributed by atoms with Gasteiger partial charge in [0.1, 0.15) is 6.07 Å². The summed E-state index contributed by atoms with van der Waals surface area (Å²) in [7, 11) is 3.55. The van der Waals surface area contributed by atoms with Crippen molar-refractivity contribution in [3.63, 3.8) is 0 Å². The van der Waals surface area contributed by atoms with E-state index in [4.69, 9.17) is 4.74 Å². The fourth-order valence-electron chi connectivity index (χ4n) is 1.86. The van der Waals surface area contributed by atoms with Gasteiger partial charge in [0.15, 0.2) is 0 Å². The number of rotatable bonds is 8. The van der Waals surface area contributed by atoms with Crippen LogP contribution in [-0.2, 0) is 11.3 Å². The summed E-state index contributed by atoms with van der Waals surface area (Å²) < 4.78 is 4.97. The van der Waals surface area contributed by atoms with Gasteiger partial charge in [0, 0.05) is 33.3 Å². The first-order valence-corrected chi connectivity index (χ1v) is 6.70. The van der Waals surface area contributed by atoms with Crippen LogP contribution in [0.3, 0.4) is 0 Å². The zero-order valence-electron chi connectivity index (χ0n) is 12.4. The molecule has 0 radical (unpaired) electrons. The molecule has 0 fully saturated rings. The van der Waals surface area contributed by atoms with Crippen molar-refractivity contribution < 1.29 is 9.84 Å². The van der Waals surface area contributed by atoms with Gasteiger partial charge >= 0.3 is 0 Å². The van der Waals surface area contributed by atoms with Crippen molar-refractivity contribution in [2.24, 2.45) is 0 Å². The largest absolute Gasteiger partial charge is 0.394 e. The van der Waals surface area contributed by atoms with Crippen LogP contribution in [-0.4, -0.2) is 45.1 Å². The normalized spacial score (nSPS) is 11.9. The highest BCUT2D eigenvalue weighted by Crippen LogP contribution is 2.22. The maximum atomic E-state index is 9.28. The summed E-state index contributed by atoms with van der Waals surface area (Å²) in [4.78, 5) is 1.92. The van der Waals surface area contributed by atoms with Crippen molar-refractivity contribution in [1.82, 2.24) is 5.32 Å². The first-order valence-electron chi connectivity index (χ1n) is 6.70. The summed E-state index contributed by atoms with van der Waals surface area (Å²) in [6.07, 6.45) is 0. The molecule has 1 atom stereocenters. The van der Waals surface area contributed by atoms with Gasteiger partial charge in [-0.05, 0) is 24.6 Å². The number of benzene rings is 1. The first-order chi connectivity index (χ1) is 9.63. The molecule has 0 heterocycles. The predicted molar refractivity (Wildman–Crippen MR) is 79.7 cm³/mol. The van der Waals surface area contributed by atoms with E-state index < -0.39 is 0 Å². The molecule has 20 heavy (non-hydrogen) atoms. The smallest absolute Gasteiger partial charge is 0.101 e. The summed E-state index contributed by atoms with van der Waals surface area (Å²) in [6, 6.07) is 8.01. The molecule has 5 nitrogen and oxygen atoms in total. The molecule has 0 aliphatic carbocycles.